The molecule has 1 aromatic carbocycles. The van der Waals surface area contributed by atoms with E-state index in [0.717, 1.165) is 16.7 Å². The topological polar surface area (TPSA) is 109 Å². The van der Waals surface area contributed by atoms with Crippen molar-refractivity contribution in [2.24, 2.45) is 10.1 Å². The number of guanidine groups is 1. The van der Waals surface area contributed by atoms with Crippen molar-refractivity contribution in [2.45, 2.75) is 31.1 Å². The van der Waals surface area contributed by atoms with E-state index in [2.05, 4.69) is 20.6 Å². The van der Waals surface area contributed by atoms with Crippen LogP contribution in [-0.4, -0.2) is 25.9 Å². The average Bonchev–Trinajstić information content (AvgIpc) is 3.06. The molecular formula is C15H19F3IN5O2S2. The van der Waals surface area contributed by atoms with Crippen LogP contribution >= 0.6 is 35.3 Å². The number of nitrogens with one attached hydrogen (secondary N) is 2. The first-order chi connectivity index (χ1) is 12.6. The van der Waals surface area contributed by atoms with Gasteiger partial charge >= 0.3 is 6.18 Å². The van der Waals surface area contributed by atoms with Crippen LogP contribution in [0.2, 0.25) is 0 Å². The summed E-state index contributed by atoms with van der Waals surface area (Å²) in [7, 11) is -3.81. The van der Waals surface area contributed by atoms with Gasteiger partial charge in [-0.2, -0.15) is 13.2 Å². The number of sulfonamides is 1. The zero-order valence-corrected chi connectivity index (χ0v) is 18.6. The van der Waals surface area contributed by atoms with Gasteiger partial charge in [0.15, 0.2) is 11.7 Å². The third-order valence-electron chi connectivity index (χ3n) is 3.24. The van der Waals surface area contributed by atoms with Gasteiger partial charge in [-0.15, -0.1) is 35.3 Å². The molecule has 0 aliphatic rings. The van der Waals surface area contributed by atoms with E-state index in [-0.39, 0.29) is 47.0 Å². The third kappa shape index (κ3) is 7.52. The molecule has 0 unspecified atom stereocenters. The third-order valence-corrected chi connectivity index (χ3v) is 5.00. The minimum Gasteiger partial charge on any atom is -0.357 e. The number of hydrogen-bond acceptors (Lipinski definition) is 5. The van der Waals surface area contributed by atoms with Crippen LogP contribution in [0.15, 0.2) is 39.5 Å². The van der Waals surface area contributed by atoms with Crippen molar-refractivity contribution in [3.63, 3.8) is 0 Å². The first kappa shape index (κ1) is 24.6. The molecule has 2 rings (SSSR count). The number of hydrogen-bond donors (Lipinski definition) is 3. The van der Waals surface area contributed by atoms with E-state index in [4.69, 9.17) is 5.14 Å². The Morgan fingerprint density at radius 3 is 2.61 bits per heavy atom. The van der Waals surface area contributed by atoms with Gasteiger partial charge in [0.1, 0.15) is 5.01 Å². The van der Waals surface area contributed by atoms with Crippen LogP contribution in [0.1, 0.15) is 23.2 Å². The van der Waals surface area contributed by atoms with Gasteiger partial charge in [0.2, 0.25) is 10.0 Å². The van der Waals surface area contributed by atoms with Crippen molar-refractivity contribution >= 4 is 51.3 Å². The summed E-state index contributed by atoms with van der Waals surface area (Å²) in [5.74, 6) is 0.363. The zero-order chi connectivity index (χ0) is 20.1. The van der Waals surface area contributed by atoms with Crippen LogP contribution in [0, 0.1) is 0 Å². The monoisotopic (exact) mass is 549 g/mol. The molecule has 7 nitrogen and oxygen atoms in total. The molecule has 1 aromatic heterocycles. The second-order valence-corrected chi connectivity index (χ2v) is 7.87. The standard InChI is InChI=1S/C15H18F3N5O2S2.HI/c1-2-20-14(22-8-13-23-12(9-26-13)15(16,17)18)21-7-10-4-3-5-11(6-10)27(19,24)25;/h3-6,9H,2,7-8H2,1H3,(H2,19,24,25)(H2,20,21,22);1H. The first-order valence-corrected chi connectivity index (χ1v) is 10.2. The number of thiazole rings is 1. The highest BCUT2D eigenvalue weighted by atomic mass is 127. The lowest BCUT2D eigenvalue weighted by molar-refractivity contribution is -0.140. The Morgan fingerprint density at radius 2 is 2.04 bits per heavy atom. The normalized spacial score (nSPS) is 12.4. The number of benzene rings is 1. The quantitative estimate of drug-likeness (QED) is 0.292. The molecule has 28 heavy (non-hydrogen) atoms. The molecule has 4 N–H and O–H groups in total. The molecular weight excluding hydrogens is 530 g/mol. The molecule has 0 bridgehead atoms. The van der Waals surface area contributed by atoms with Crippen LogP contribution in [0.25, 0.3) is 0 Å². The average molecular weight is 549 g/mol. The molecule has 0 atom stereocenters. The molecule has 13 heteroatoms. The number of aromatic nitrogens is 1. The van der Waals surface area contributed by atoms with Crippen LogP contribution in [0.4, 0.5) is 13.2 Å². The summed E-state index contributed by atoms with van der Waals surface area (Å²) in [4.78, 5) is 7.81. The molecule has 0 fully saturated rings. The van der Waals surface area contributed by atoms with E-state index < -0.39 is 21.9 Å². The molecule has 0 aliphatic carbocycles. The number of primary sulfonamides is 1. The van der Waals surface area contributed by atoms with Crippen LogP contribution in [0.3, 0.4) is 0 Å². The van der Waals surface area contributed by atoms with Crippen LogP contribution in [0.5, 0.6) is 0 Å². The predicted octanol–water partition coefficient (Wildman–Crippen LogP) is 2.68. The van der Waals surface area contributed by atoms with Crippen molar-refractivity contribution in [3.05, 3.63) is 45.9 Å². The van der Waals surface area contributed by atoms with E-state index in [0.29, 0.717) is 18.1 Å². The molecule has 0 saturated carbocycles. The summed E-state index contributed by atoms with van der Waals surface area (Å²) < 4.78 is 60.5. The fourth-order valence-electron chi connectivity index (χ4n) is 2.01. The Balaban J connectivity index is 0.00000392. The summed E-state index contributed by atoms with van der Waals surface area (Å²) >= 11 is 0.899. The Morgan fingerprint density at radius 1 is 1.32 bits per heavy atom. The molecule has 156 valence electrons. The molecule has 1 heterocycles. The molecule has 0 aliphatic heterocycles. The Labute approximate surface area is 181 Å². The van der Waals surface area contributed by atoms with Crippen LogP contribution < -0.4 is 15.8 Å². The highest BCUT2D eigenvalue weighted by molar-refractivity contribution is 14.0. The number of halogens is 4. The number of nitrogens with two attached hydrogens (primary N) is 1. The van der Waals surface area contributed by atoms with Crippen molar-refractivity contribution in [3.8, 4) is 0 Å². The van der Waals surface area contributed by atoms with Gasteiger partial charge in [-0.05, 0) is 24.6 Å². The fourth-order valence-corrected chi connectivity index (χ4v) is 3.34. The molecule has 2 aromatic rings. The van der Waals surface area contributed by atoms with Gasteiger partial charge in [-0.1, -0.05) is 12.1 Å². The second kappa shape index (κ2) is 10.4. The number of alkyl halides is 3. The van der Waals surface area contributed by atoms with E-state index in [9.17, 15) is 21.6 Å². The summed E-state index contributed by atoms with van der Waals surface area (Å²) in [5.41, 5.74) is -0.307. The van der Waals surface area contributed by atoms with Crippen molar-refractivity contribution in [2.75, 3.05) is 6.54 Å². The summed E-state index contributed by atoms with van der Waals surface area (Å²) in [5, 5.41) is 12.2. The van der Waals surface area contributed by atoms with E-state index in [1.807, 2.05) is 6.92 Å². The van der Waals surface area contributed by atoms with Gasteiger partial charge in [0, 0.05) is 11.9 Å². The minimum atomic E-state index is -4.47. The highest BCUT2D eigenvalue weighted by Gasteiger charge is 2.33. The van der Waals surface area contributed by atoms with Gasteiger partial charge in [-0.25, -0.2) is 23.5 Å². The van der Waals surface area contributed by atoms with E-state index in [1.54, 1.807) is 12.1 Å². The van der Waals surface area contributed by atoms with Crippen LogP contribution in [-0.2, 0) is 29.3 Å². The fraction of sp³-hybridized carbons (Fsp3) is 0.333. The summed E-state index contributed by atoms with van der Waals surface area (Å²) in [6.45, 7) is 2.60. The van der Waals surface area contributed by atoms with Crippen molar-refractivity contribution < 1.29 is 21.6 Å². The maximum absolute atomic E-state index is 12.6. The van der Waals surface area contributed by atoms with Crippen molar-refractivity contribution in [1.82, 2.24) is 15.6 Å². The number of aliphatic imine (C=N–C) groups is 1. The molecule has 0 spiro atoms. The Kier molecular flexibility index (Phi) is 9.10. The zero-order valence-electron chi connectivity index (χ0n) is 14.7. The lowest BCUT2D eigenvalue weighted by Gasteiger charge is -2.10. The molecule has 0 radical (unpaired) electrons. The summed E-state index contributed by atoms with van der Waals surface area (Å²) in [6.07, 6.45) is -4.47. The molecule has 0 saturated heterocycles. The predicted molar refractivity (Wildman–Crippen MR) is 112 cm³/mol. The minimum absolute atomic E-state index is 0. The first-order valence-electron chi connectivity index (χ1n) is 7.75. The van der Waals surface area contributed by atoms with E-state index >= 15 is 0 Å². The largest absolute Gasteiger partial charge is 0.434 e. The SMILES string of the molecule is CCNC(=NCc1cccc(S(N)(=O)=O)c1)NCc1nc(C(F)(F)F)cs1.I. The van der Waals surface area contributed by atoms with Gasteiger partial charge < -0.3 is 10.6 Å². The maximum atomic E-state index is 12.6. The van der Waals surface area contributed by atoms with Gasteiger partial charge in [0.05, 0.1) is 18.0 Å². The Hall–Kier alpha value is -1.45. The lowest BCUT2D eigenvalue weighted by atomic mass is 10.2. The highest BCUT2D eigenvalue weighted by Crippen LogP contribution is 2.29. The lowest BCUT2D eigenvalue weighted by Crippen LogP contribution is -2.36. The van der Waals surface area contributed by atoms with E-state index in [1.165, 1.54) is 12.1 Å². The maximum Gasteiger partial charge on any atom is 0.434 e. The Bertz CT molecular complexity index is 916. The second-order valence-electron chi connectivity index (χ2n) is 5.37. The smallest absolute Gasteiger partial charge is 0.357 e. The summed E-state index contributed by atoms with van der Waals surface area (Å²) in [6, 6.07) is 6.04. The number of nitrogens with zero attached hydrogens (tertiary/aromatic N) is 2. The molecule has 0 amide bonds. The van der Waals surface area contributed by atoms with Gasteiger partial charge in [0.25, 0.3) is 0 Å². The van der Waals surface area contributed by atoms with Gasteiger partial charge in [-0.3, -0.25) is 0 Å². The number of rotatable bonds is 6. The van der Waals surface area contributed by atoms with Crippen molar-refractivity contribution in [1.29, 1.82) is 0 Å².